The van der Waals surface area contributed by atoms with Crippen LogP contribution in [0, 0.1) is 0 Å². The Morgan fingerprint density at radius 3 is 2.38 bits per heavy atom. The number of hydrogen-bond acceptors (Lipinski definition) is 6. The molecular weight excluding hydrogens is 386 g/mol. The van der Waals surface area contributed by atoms with Crippen LogP contribution in [0.15, 0.2) is 47.8 Å². The number of carbonyl (C=O) groups excluding carboxylic acids is 1. The van der Waals surface area contributed by atoms with Crippen molar-refractivity contribution in [3.05, 3.63) is 64.7 Å². The predicted molar refractivity (Wildman–Crippen MR) is 116 cm³/mol. The van der Waals surface area contributed by atoms with Crippen molar-refractivity contribution < 1.29 is 14.3 Å². The van der Waals surface area contributed by atoms with Gasteiger partial charge < -0.3 is 19.7 Å². The summed E-state index contributed by atoms with van der Waals surface area (Å²) in [6.07, 6.45) is 0. The van der Waals surface area contributed by atoms with Crippen molar-refractivity contribution >= 4 is 17.2 Å². The topological polar surface area (TPSA) is 63.7 Å². The predicted octanol–water partition coefficient (Wildman–Crippen LogP) is 3.82. The van der Waals surface area contributed by atoms with E-state index in [2.05, 4.69) is 27.3 Å². The number of aromatic nitrogens is 1. The van der Waals surface area contributed by atoms with Crippen LogP contribution in [0.4, 0.5) is 0 Å². The molecule has 152 valence electrons. The molecule has 29 heavy (non-hydrogen) atoms. The number of carbonyl (C=O) groups is 1. The van der Waals surface area contributed by atoms with E-state index in [0.717, 1.165) is 22.7 Å². The van der Waals surface area contributed by atoms with Crippen LogP contribution >= 0.6 is 11.3 Å². The molecule has 0 spiro atoms. The van der Waals surface area contributed by atoms with Crippen molar-refractivity contribution in [2.75, 3.05) is 28.3 Å². The summed E-state index contributed by atoms with van der Waals surface area (Å²) in [5.41, 5.74) is 3.58. The van der Waals surface area contributed by atoms with Crippen molar-refractivity contribution in [2.24, 2.45) is 0 Å². The van der Waals surface area contributed by atoms with Gasteiger partial charge >= 0.3 is 0 Å². The average molecular weight is 412 g/mol. The van der Waals surface area contributed by atoms with Crippen LogP contribution in [-0.2, 0) is 13.1 Å². The molecule has 0 radical (unpaired) electrons. The highest BCUT2D eigenvalue weighted by Crippen LogP contribution is 2.33. The van der Waals surface area contributed by atoms with Crippen LogP contribution in [-0.4, -0.2) is 44.1 Å². The number of hydrogen-bond donors (Lipinski definition) is 1. The van der Waals surface area contributed by atoms with E-state index < -0.39 is 0 Å². The summed E-state index contributed by atoms with van der Waals surface area (Å²) >= 11 is 1.42. The van der Waals surface area contributed by atoms with E-state index in [1.807, 2.05) is 44.4 Å². The fourth-order valence-electron chi connectivity index (χ4n) is 2.88. The number of rotatable bonds is 8. The lowest BCUT2D eigenvalue weighted by Crippen LogP contribution is -2.23. The number of amides is 1. The van der Waals surface area contributed by atoms with Crippen LogP contribution in [0.5, 0.6) is 11.5 Å². The number of thiazole rings is 1. The van der Waals surface area contributed by atoms with Crippen molar-refractivity contribution in [3.8, 4) is 22.1 Å². The van der Waals surface area contributed by atoms with Crippen LogP contribution in [0.2, 0.25) is 0 Å². The molecule has 0 aliphatic carbocycles. The highest BCUT2D eigenvalue weighted by Gasteiger charge is 2.13. The maximum Gasteiger partial charge on any atom is 0.271 e. The van der Waals surface area contributed by atoms with Crippen LogP contribution < -0.4 is 14.8 Å². The Morgan fingerprint density at radius 2 is 1.72 bits per heavy atom. The molecule has 0 aliphatic rings. The number of benzene rings is 2. The molecule has 1 N–H and O–H groups in total. The van der Waals surface area contributed by atoms with Gasteiger partial charge in [-0.25, -0.2) is 4.98 Å². The largest absolute Gasteiger partial charge is 0.493 e. The molecule has 1 aromatic heterocycles. The first-order valence-corrected chi connectivity index (χ1v) is 10.1. The molecule has 0 atom stereocenters. The minimum absolute atomic E-state index is 0.189. The molecule has 0 fully saturated rings. The summed E-state index contributed by atoms with van der Waals surface area (Å²) < 4.78 is 10.6. The SMILES string of the molecule is COc1ccc(-c2nc(C(=O)NCc3ccc(CN(C)C)cc3)cs2)cc1OC. The van der Waals surface area contributed by atoms with Gasteiger partial charge in [0, 0.05) is 24.0 Å². The lowest BCUT2D eigenvalue weighted by Gasteiger charge is -2.10. The second-order valence-electron chi connectivity index (χ2n) is 6.84. The molecule has 6 nitrogen and oxygen atoms in total. The Kier molecular flexibility index (Phi) is 6.85. The highest BCUT2D eigenvalue weighted by atomic mass is 32.1. The molecular formula is C22H25N3O3S. The van der Waals surface area contributed by atoms with E-state index in [9.17, 15) is 4.79 Å². The Morgan fingerprint density at radius 1 is 1.03 bits per heavy atom. The van der Waals surface area contributed by atoms with Gasteiger partial charge in [-0.15, -0.1) is 11.3 Å². The number of nitrogens with zero attached hydrogens (tertiary/aromatic N) is 2. The zero-order valence-electron chi connectivity index (χ0n) is 17.1. The minimum Gasteiger partial charge on any atom is -0.493 e. The molecule has 0 unspecified atom stereocenters. The second kappa shape index (κ2) is 9.54. The van der Waals surface area contributed by atoms with Gasteiger partial charge in [0.15, 0.2) is 11.5 Å². The first-order chi connectivity index (χ1) is 14.0. The summed E-state index contributed by atoms with van der Waals surface area (Å²) in [7, 11) is 7.27. The Hall–Kier alpha value is -2.90. The highest BCUT2D eigenvalue weighted by molar-refractivity contribution is 7.13. The Balaban J connectivity index is 1.63. The van der Waals surface area contributed by atoms with E-state index in [1.165, 1.54) is 16.9 Å². The second-order valence-corrected chi connectivity index (χ2v) is 7.70. The van der Waals surface area contributed by atoms with E-state index in [-0.39, 0.29) is 5.91 Å². The molecule has 0 saturated heterocycles. The zero-order valence-corrected chi connectivity index (χ0v) is 17.9. The third kappa shape index (κ3) is 5.34. The van der Waals surface area contributed by atoms with Crippen LogP contribution in [0.1, 0.15) is 21.6 Å². The molecule has 3 aromatic rings. The quantitative estimate of drug-likeness (QED) is 0.611. The monoisotopic (exact) mass is 411 g/mol. The summed E-state index contributed by atoms with van der Waals surface area (Å²) in [4.78, 5) is 19.1. The lowest BCUT2D eigenvalue weighted by atomic mass is 10.1. The fraction of sp³-hybridized carbons (Fsp3) is 0.273. The van der Waals surface area contributed by atoms with Crippen molar-refractivity contribution in [1.29, 1.82) is 0 Å². The van der Waals surface area contributed by atoms with E-state index in [4.69, 9.17) is 9.47 Å². The molecule has 0 aliphatic heterocycles. The molecule has 0 saturated carbocycles. The van der Waals surface area contributed by atoms with Crippen molar-refractivity contribution in [2.45, 2.75) is 13.1 Å². The van der Waals surface area contributed by atoms with Gasteiger partial charge in [-0.3, -0.25) is 4.79 Å². The Bertz CT molecular complexity index is 968. The van der Waals surface area contributed by atoms with Gasteiger partial charge in [-0.2, -0.15) is 0 Å². The summed E-state index contributed by atoms with van der Waals surface area (Å²) in [5.74, 6) is 1.09. The molecule has 1 heterocycles. The molecule has 3 rings (SSSR count). The molecule has 2 aromatic carbocycles. The third-order valence-corrected chi connectivity index (χ3v) is 5.23. The van der Waals surface area contributed by atoms with Crippen LogP contribution in [0.3, 0.4) is 0 Å². The van der Waals surface area contributed by atoms with E-state index >= 15 is 0 Å². The Labute approximate surface area is 175 Å². The third-order valence-electron chi connectivity index (χ3n) is 4.34. The summed E-state index contributed by atoms with van der Waals surface area (Å²) in [5, 5.41) is 5.45. The zero-order chi connectivity index (χ0) is 20.8. The first kappa shape index (κ1) is 20.8. The van der Waals surface area contributed by atoms with E-state index in [0.29, 0.717) is 23.7 Å². The van der Waals surface area contributed by atoms with E-state index in [1.54, 1.807) is 19.6 Å². The molecule has 0 bridgehead atoms. The van der Waals surface area contributed by atoms with Crippen molar-refractivity contribution in [1.82, 2.24) is 15.2 Å². The number of methoxy groups -OCH3 is 2. The fourth-order valence-corrected chi connectivity index (χ4v) is 3.68. The van der Waals surface area contributed by atoms with Crippen LogP contribution in [0.25, 0.3) is 10.6 Å². The lowest BCUT2D eigenvalue weighted by molar-refractivity contribution is 0.0946. The first-order valence-electron chi connectivity index (χ1n) is 9.19. The summed E-state index contributed by atoms with van der Waals surface area (Å²) in [6.45, 7) is 1.36. The minimum atomic E-state index is -0.189. The molecule has 1 amide bonds. The van der Waals surface area contributed by atoms with Gasteiger partial charge in [0.05, 0.1) is 14.2 Å². The maximum atomic E-state index is 12.5. The number of nitrogens with one attached hydrogen (secondary N) is 1. The smallest absolute Gasteiger partial charge is 0.271 e. The van der Waals surface area contributed by atoms with Gasteiger partial charge in [-0.05, 0) is 43.4 Å². The van der Waals surface area contributed by atoms with Gasteiger partial charge in [-0.1, -0.05) is 24.3 Å². The average Bonchev–Trinajstić information content (AvgIpc) is 3.22. The van der Waals surface area contributed by atoms with Crippen molar-refractivity contribution in [3.63, 3.8) is 0 Å². The maximum absolute atomic E-state index is 12.5. The molecule has 7 heteroatoms. The van der Waals surface area contributed by atoms with Gasteiger partial charge in [0.1, 0.15) is 10.7 Å². The standard InChI is InChI=1S/C22H25N3O3S/c1-25(2)13-16-7-5-15(6-8-16)12-23-21(26)18-14-29-22(24-18)17-9-10-19(27-3)20(11-17)28-4/h5-11,14H,12-13H2,1-4H3,(H,23,26). The van der Waals surface area contributed by atoms with Gasteiger partial charge in [0.2, 0.25) is 0 Å². The van der Waals surface area contributed by atoms with Gasteiger partial charge in [0.25, 0.3) is 5.91 Å². The summed E-state index contributed by atoms with van der Waals surface area (Å²) in [6, 6.07) is 13.8. The number of ether oxygens (including phenoxy) is 2. The normalized spacial score (nSPS) is 10.8.